The summed E-state index contributed by atoms with van der Waals surface area (Å²) in [6.45, 7) is 1.76. The molecule has 1 aromatic carbocycles. The molecule has 3 fully saturated rings. The molecule has 6 nitrogen and oxygen atoms in total. The number of allylic oxidation sites excluding steroid dienone is 4. The van der Waals surface area contributed by atoms with Gasteiger partial charge in [-0.3, -0.25) is 14.4 Å². The Hall–Kier alpha value is -2.73. The maximum atomic E-state index is 13.8. The van der Waals surface area contributed by atoms with Crippen molar-refractivity contribution in [3.63, 3.8) is 0 Å². The third-order valence-electron chi connectivity index (χ3n) is 11.8. The lowest BCUT2D eigenvalue weighted by Gasteiger charge is -2.54. The number of aliphatic hydroxyl groups is 1. The van der Waals surface area contributed by atoms with Gasteiger partial charge in [0.25, 0.3) is 0 Å². The molecular weight excluding hydrogens is 526 g/mol. The smallest absolute Gasteiger partial charge is 0.306 e. The summed E-state index contributed by atoms with van der Waals surface area (Å²) in [4.78, 5) is 40.8. The van der Waals surface area contributed by atoms with Crippen molar-refractivity contribution in [1.29, 1.82) is 0 Å². The van der Waals surface area contributed by atoms with Crippen molar-refractivity contribution in [2.45, 2.75) is 102 Å². The maximum Gasteiger partial charge on any atom is 0.306 e. The molecule has 3 saturated carbocycles. The van der Waals surface area contributed by atoms with Crippen LogP contribution in [0.15, 0.2) is 47.1 Å². The maximum absolute atomic E-state index is 13.8. The Morgan fingerprint density at radius 3 is 2.48 bits per heavy atom. The van der Waals surface area contributed by atoms with Crippen LogP contribution < -0.4 is 4.90 Å². The molecule has 6 heteroatoms. The summed E-state index contributed by atoms with van der Waals surface area (Å²) in [5.41, 5.74) is 4.16. The lowest BCUT2D eigenvalue weighted by Crippen LogP contribution is -2.56. The predicted molar refractivity (Wildman–Crippen MR) is 163 cm³/mol. The Labute approximate surface area is 250 Å². The molecule has 5 atom stereocenters. The first-order chi connectivity index (χ1) is 20.1. The Morgan fingerprint density at radius 2 is 1.76 bits per heavy atom. The van der Waals surface area contributed by atoms with Gasteiger partial charge in [0.2, 0.25) is 5.78 Å². The van der Waals surface area contributed by atoms with E-state index in [-0.39, 0.29) is 41.9 Å². The summed E-state index contributed by atoms with van der Waals surface area (Å²) >= 11 is 0. The average Bonchev–Trinajstić information content (AvgIpc) is 3.60. The van der Waals surface area contributed by atoms with E-state index >= 15 is 0 Å². The van der Waals surface area contributed by atoms with Gasteiger partial charge in [0, 0.05) is 44.0 Å². The lowest BCUT2D eigenvalue weighted by atomic mass is 9.50. The normalized spacial score (nSPS) is 32.6. The van der Waals surface area contributed by atoms with E-state index in [9.17, 15) is 19.5 Å². The van der Waals surface area contributed by atoms with Crippen LogP contribution in [0.5, 0.6) is 0 Å². The van der Waals surface area contributed by atoms with Crippen molar-refractivity contribution >= 4 is 23.2 Å². The van der Waals surface area contributed by atoms with E-state index in [1.165, 1.54) is 48.0 Å². The van der Waals surface area contributed by atoms with Gasteiger partial charge in [-0.2, -0.15) is 0 Å². The first-order valence-electron chi connectivity index (χ1n) is 16.3. The van der Waals surface area contributed by atoms with Crippen LogP contribution in [0, 0.1) is 23.2 Å². The number of fused-ring (bicyclic) bond motifs is 4. The van der Waals surface area contributed by atoms with E-state index in [0.29, 0.717) is 31.6 Å². The van der Waals surface area contributed by atoms with Gasteiger partial charge in [-0.1, -0.05) is 50.3 Å². The van der Waals surface area contributed by atoms with Gasteiger partial charge < -0.3 is 14.7 Å². The number of benzene rings is 1. The van der Waals surface area contributed by atoms with Gasteiger partial charge in [-0.15, -0.1) is 0 Å². The van der Waals surface area contributed by atoms with Crippen LogP contribution in [0.1, 0.15) is 102 Å². The first kappa shape index (κ1) is 29.3. The molecule has 0 unspecified atom stereocenters. The molecular formula is C36H47NO5. The number of esters is 1. The highest BCUT2D eigenvalue weighted by Crippen LogP contribution is 2.67. The second-order valence-electron chi connectivity index (χ2n) is 14.2. The molecule has 1 N–H and O–H groups in total. The SMILES string of the molecule is CN(C)c1ccc([C@H]2C[C@@]3(C)[C@@H](CC[C@]3(O)C(=O)COC(=O)CCC3CCCC3)[C@@H]3CCC4=CC(=O)CCC4=C32)cc1. The fourth-order valence-electron chi connectivity index (χ4n) is 9.39. The van der Waals surface area contributed by atoms with E-state index in [4.69, 9.17) is 4.74 Å². The van der Waals surface area contributed by atoms with E-state index < -0.39 is 11.0 Å². The topological polar surface area (TPSA) is 83.9 Å². The fraction of sp³-hybridized carbons (Fsp3) is 0.639. The minimum atomic E-state index is -1.53. The molecule has 42 heavy (non-hydrogen) atoms. The Morgan fingerprint density at radius 1 is 1.02 bits per heavy atom. The number of carbonyl (C=O) groups is 3. The molecule has 6 rings (SSSR count). The lowest BCUT2D eigenvalue weighted by molar-refractivity contribution is -0.165. The number of ketones is 2. The fourth-order valence-corrected chi connectivity index (χ4v) is 9.39. The summed E-state index contributed by atoms with van der Waals surface area (Å²) in [6, 6.07) is 8.68. The third kappa shape index (κ3) is 5.08. The zero-order chi connectivity index (χ0) is 29.6. The van der Waals surface area contributed by atoms with Crippen molar-refractivity contribution in [3.05, 3.63) is 52.6 Å². The molecule has 0 spiro atoms. The number of hydrogen-bond donors (Lipinski definition) is 1. The quantitative estimate of drug-likeness (QED) is 0.359. The van der Waals surface area contributed by atoms with E-state index in [1.54, 1.807) is 0 Å². The second-order valence-corrected chi connectivity index (χ2v) is 14.2. The number of Topliss-reactive ketones (excluding diaryl/α,β-unsaturated/α-hetero) is 1. The van der Waals surface area contributed by atoms with Gasteiger partial charge >= 0.3 is 5.97 Å². The molecule has 0 amide bonds. The van der Waals surface area contributed by atoms with Crippen molar-refractivity contribution in [1.82, 2.24) is 0 Å². The third-order valence-corrected chi connectivity index (χ3v) is 11.8. The number of rotatable bonds is 8. The zero-order valence-electron chi connectivity index (χ0n) is 25.6. The summed E-state index contributed by atoms with van der Waals surface area (Å²) in [6.07, 6.45) is 12.9. The monoisotopic (exact) mass is 573 g/mol. The van der Waals surface area contributed by atoms with Crippen LogP contribution >= 0.6 is 0 Å². The average molecular weight is 574 g/mol. The highest BCUT2D eigenvalue weighted by atomic mass is 16.5. The van der Waals surface area contributed by atoms with Gasteiger partial charge in [0.05, 0.1) is 0 Å². The predicted octanol–water partition coefficient (Wildman–Crippen LogP) is 6.47. The highest BCUT2D eigenvalue weighted by molar-refractivity contribution is 5.93. The number of hydrogen-bond acceptors (Lipinski definition) is 6. The molecule has 0 aromatic heterocycles. The molecule has 0 aliphatic heterocycles. The number of nitrogens with zero attached hydrogens (tertiary/aromatic N) is 1. The van der Waals surface area contributed by atoms with Gasteiger partial charge in [-0.25, -0.2) is 0 Å². The first-order valence-corrected chi connectivity index (χ1v) is 16.3. The van der Waals surface area contributed by atoms with Gasteiger partial charge in [-0.05, 0) is 97.6 Å². The largest absolute Gasteiger partial charge is 0.458 e. The van der Waals surface area contributed by atoms with Crippen LogP contribution in [0.25, 0.3) is 0 Å². The molecule has 226 valence electrons. The molecule has 0 radical (unpaired) electrons. The minimum Gasteiger partial charge on any atom is -0.458 e. The number of ether oxygens (including phenoxy) is 1. The molecule has 5 aliphatic carbocycles. The van der Waals surface area contributed by atoms with Gasteiger partial charge in [0.1, 0.15) is 5.60 Å². The second kappa shape index (κ2) is 11.4. The van der Waals surface area contributed by atoms with Crippen LogP contribution in [0.4, 0.5) is 5.69 Å². The Balaban J connectivity index is 1.28. The Kier molecular flexibility index (Phi) is 7.97. The molecule has 1 aromatic rings. The van der Waals surface area contributed by atoms with Crippen molar-refractivity contribution in [2.24, 2.45) is 23.2 Å². The van der Waals surface area contributed by atoms with Crippen molar-refractivity contribution in [2.75, 3.05) is 25.6 Å². The van der Waals surface area contributed by atoms with Crippen LogP contribution in [0.2, 0.25) is 0 Å². The summed E-state index contributed by atoms with van der Waals surface area (Å²) < 4.78 is 5.50. The van der Waals surface area contributed by atoms with E-state index in [2.05, 4.69) is 36.1 Å². The minimum absolute atomic E-state index is 0.0609. The van der Waals surface area contributed by atoms with E-state index in [1.807, 2.05) is 20.2 Å². The van der Waals surface area contributed by atoms with Gasteiger partial charge in [0.15, 0.2) is 12.4 Å². The van der Waals surface area contributed by atoms with Crippen LogP contribution in [0.3, 0.4) is 0 Å². The summed E-state index contributed by atoms with van der Waals surface area (Å²) in [7, 11) is 4.07. The number of anilines is 1. The summed E-state index contributed by atoms with van der Waals surface area (Å²) in [5, 5.41) is 12.2. The van der Waals surface area contributed by atoms with Crippen LogP contribution in [-0.2, 0) is 19.1 Å². The highest BCUT2D eigenvalue weighted by Gasteiger charge is 2.65. The summed E-state index contributed by atoms with van der Waals surface area (Å²) in [5.74, 6) is 0.631. The molecule has 0 bridgehead atoms. The van der Waals surface area contributed by atoms with Crippen molar-refractivity contribution in [3.8, 4) is 0 Å². The molecule has 0 saturated heterocycles. The van der Waals surface area contributed by atoms with Crippen LogP contribution in [-0.4, -0.2) is 48.9 Å². The molecule has 0 heterocycles. The molecule has 5 aliphatic rings. The standard InChI is InChI=1S/C36H47NO5/c1-35-21-30(24-9-12-26(13-10-24)37(2)3)34-28-16-14-27(38)20-25(28)11-15-29(34)31(35)18-19-36(35,41)32(39)22-42-33(40)17-8-23-6-4-5-7-23/h9-10,12-13,20,23,29-31,41H,4-8,11,14-19,21-22H2,1-3H3/t29-,30+,31-,35-,36-/m0/s1. The number of carbonyl (C=O) groups excluding carboxylic acids is 3. The van der Waals surface area contributed by atoms with E-state index in [0.717, 1.165) is 37.8 Å². The zero-order valence-corrected chi connectivity index (χ0v) is 25.6. The Bertz CT molecular complexity index is 1300. The van der Waals surface area contributed by atoms with Crippen molar-refractivity contribution < 1.29 is 24.2 Å².